The van der Waals surface area contributed by atoms with Gasteiger partial charge in [0.05, 0.1) is 12.6 Å². The van der Waals surface area contributed by atoms with Crippen LogP contribution in [-0.2, 0) is 6.54 Å². The van der Waals surface area contributed by atoms with E-state index in [1.807, 2.05) is 24.3 Å². The lowest BCUT2D eigenvalue weighted by molar-refractivity contribution is -0.402. The highest BCUT2D eigenvalue weighted by molar-refractivity contribution is 14.1. The van der Waals surface area contributed by atoms with E-state index in [2.05, 4.69) is 27.9 Å². The van der Waals surface area contributed by atoms with Gasteiger partial charge in [-0.15, -0.1) is 0 Å². The topological polar surface area (TPSA) is 68.3 Å². The molecule has 6 heteroatoms. The fraction of sp³-hybridized carbons (Fsp3) is 0.0909. The molecular formula is C11H9IN2O3. The van der Waals surface area contributed by atoms with Crippen molar-refractivity contribution in [3.8, 4) is 0 Å². The van der Waals surface area contributed by atoms with Gasteiger partial charge < -0.3 is 9.73 Å². The first-order chi connectivity index (χ1) is 8.15. The van der Waals surface area contributed by atoms with Crippen molar-refractivity contribution >= 4 is 34.2 Å². The van der Waals surface area contributed by atoms with Crippen LogP contribution < -0.4 is 5.32 Å². The molecule has 0 bridgehead atoms. The highest BCUT2D eigenvalue weighted by Gasteiger charge is 2.11. The first kappa shape index (κ1) is 11.9. The highest BCUT2D eigenvalue weighted by atomic mass is 127. The van der Waals surface area contributed by atoms with E-state index in [-0.39, 0.29) is 5.88 Å². The molecule has 0 spiro atoms. The molecule has 1 heterocycles. The van der Waals surface area contributed by atoms with Crippen molar-refractivity contribution in [1.82, 2.24) is 0 Å². The largest absolute Gasteiger partial charge is 0.433 e. The van der Waals surface area contributed by atoms with Gasteiger partial charge in [0, 0.05) is 9.26 Å². The van der Waals surface area contributed by atoms with E-state index in [9.17, 15) is 10.1 Å². The number of anilines is 1. The molecule has 2 aromatic rings. The molecule has 0 radical (unpaired) electrons. The summed E-state index contributed by atoms with van der Waals surface area (Å²) in [4.78, 5) is 9.88. The van der Waals surface area contributed by atoms with E-state index in [0.717, 1.165) is 9.26 Å². The smallest absolute Gasteiger partial charge is 0.404 e. The molecule has 2 rings (SSSR count). The zero-order valence-corrected chi connectivity index (χ0v) is 10.9. The SMILES string of the molecule is O=[N+]([O-])c1ccc(CNc2cccc(I)c2)o1. The van der Waals surface area contributed by atoms with E-state index >= 15 is 0 Å². The Kier molecular flexibility index (Phi) is 3.62. The molecule has 0 amide bonds. The van der Waals surface area contributed by atoms with E-state index in [0.29, 0.717) is 12.3 Å². The number of nitro groups is 1. The van der Waals surface area contributed by atoms with Gasteiger partial charge in [0.1, 0.15) is 10.7 Å². The monoisotopic (exact) mass is 344 g/mol. The van der Waals surface area contributed by atoms with Crippen molar-refractivity contribution < 1.29 is 9.34 Å². The first-order valence-electron chi connectivity index (χ1n) is 4.88. The molecule has 0 saturated carbocycles. The van der Waals surface area contributed by atoms with Crippen LogP contribution in [0.5, 0.6) is 0 Å². The molecule has 0 aliphatic rings. The van der Waals surface area contributed by atoms with Crippen LogP contribution in [-0.4, -0.2) is 4.92 Å². The van der Waals surface area contributed by atoms with Gasteiger partial charge in [0.2, 0.25) is 0 Å². The molecule has 0 aliphatic heterocycles. The van der Waals surface area contributed by atoms with Crippen molar-refractivity contribution in [3.05, 3.63) is 55.8 Å². The molecule has 0 saturated heterocycles. The van der Waals surface area contributed by atoms with Crippen molar-refractivity contribution in [1.29, 1.82) is 0 Å². The minimum absolute atomic E-state index is 0.232. The number of nitrogens with zero attached hydrogens (tertiary/aromatic N) is 1. The third kappa shape index (κ3) is 3.19. The minimum Gasteiger partial charge on any atom is -0.404 e. The van der Waals surface area contributed by atoms with Gasteiger partial charge in [-0.2, -0.15) is 0 Å². The first-order valence-corrected chi connectivity index (χ1v) is 5.95. The Morgan fingerprint density at radius 3 is 2.82 bits per heavy atom. The van der Waals surface area contributed by atoms with E-state index in [4.69, 9.17) is 4.42 Å². The Morgan fingerprint density at radius 1 is 1.35 bits per heavy atom. The summed E-state index contributed by atoms with van der Waals surface area (Å²) in [6.07, 6.45) is 0. The average Bonchev–Trinajstić information content (AvgIpc) is 2.75. The lowest BCUT2D eigenvalue weighted by Gasteiger charge is -2.03. The van der Waals surface area contributed by atoms with Crippen molar-refractivity contribution in [2.45, 2.75) is 6.54 Å². The number of hydrogen-bond donors (Lipinski definition) is 1. The lowest BCUT2D eigenvalue weighted by Crippen LogP contribution is -1.98. The molecule has 0 atom stereocenters. The fourth-order valence-corrected chi connectivity index (χ4v) is 1.89. The summed E-state index contributed by atoms with van der Waals surface area (Å²) >= 11 is 2.22. The molecule has 0 unspecified atom stereocenters. The van der Waals surface area contributed by atoms with Crippen molar-refractivity contribution in [3.63, 3.8) is 0 Å². The van der Waals surface area contributed by atoms with Gasteiger partial charge in [-0.25, -0.2) is 0 Å². The number of rotatable bonds is 4. The van der Waals surface area contributed by atoms with Crippen LogP contribution in [0.1, 0.15) is 5.76 Å². The second-order valence-corrected chi connectivity index (χ2v) is 4.61. The number of nitrogens with one attached hydrogen (secondary N) is 1. The summed E-state index contributed by atoms with van der Waals surface area (Å²) in [5.74, 6) is 0.306. The third-order valence-electron chi connectivity index (χ3n) is 2.12. The predicted octanol–water partition coefficient (Wildman–Crippen LogP) is 3.40. The summed E-state index contributed by atoms with van der Waals surface area (Å²) in [5, 5.41) is 13.6. The Labute approximate surface area is 111 Å². The van der Waals surface area contributed by atoms with E-state index in [1.165, 1.54) is 6.07 Å². The Hall–Kier alpha value is -1.57. The van der Waals surface area contributed by atoms with Crippen LogP contribution >= 0.6 is 22.6 Å². The molecule has 1 aromatic carbocycles. The minimum atomic E-state index is -0.547. The standard InChI is InChI=1S/C11H9IN2O3/c12-8-2-1-3-9(6-8)13-7-10-4-5-11(17-10)14(15)16/h1-6,13H,7H2. The zero-order chi connectivity index (χ0) is 12.3. The van der Waals surface area contributed by atoms with Gasteiger partial charge >= 0.3 is 5.88 Å². The summed E-state index contributed by atoms with van der Waals surface area (Å²) in [5.41, 5.74) is 0.955. The Bertz CT molecular complexity index is 539. The van der Waals surface area contributed by atoms with Crippen molar-refractivity contribution in [2.75, 3.05) is 5.32 Å². The molecule has 5 nitrogen and oxygen atoms in total. The molecule has 0 fully saturated rings. The molecule has 88 valence electrons. The third-order valence-corrected chi connectivity index (χ3v) is 2.79. The number of halogens is 1. The van der Waals surface area contributed by atoms with Gasteiger partial charge in [0.25, 0.3) is 0 Å². The van der Waals surface area contributed by atoms with Gasteiger partial charge in [-0.1, -0.05) is 6.07 Å². The van der Waals surface area contributed by atoms with Gasteiger partial charge in [-0.3, -0.25) is 10.1 Å². The normalized spacial score (nSPS) is 10.2. The van der Waals surface area contributed by atoms with Gasteiger partial charge in [-0.05, 0) is 46.9 Å². The Balaban J connectivity index is 2.00. The lowest BCUT2D eigenvalue weighted by atomic mass is 10.3. The Morgan fingerprint density at radius 2 is 2.18 bits per heavy atom. The maximum absolute atomic E-state index is 10.4. The fourth-order valence-electron chi connectivity index (χ4n) is 1.35. The van der Waals surface area contributed by atoms with E-state index < -0.39 is 4.92 Å². The van der Waals surface area contributed by atoms with E-state index in [1.54, 1.807) is 6.07 Å². The quantitative estimate of drug-likeness (QED) is 0.524. The molecule has 1 N–H and O–H groups in total. The van der Waals surface area contributed by atoms with Crippen LogP contribution in [0.25, 0.3) is 0 Å². The van der Waals surface area contributed by atoms with Crippen LogP contribution in [0.3, 0.4) is 0 Å². The summed E-state index contributed by atoms with van der Waals surface area (Å²) in [6, 6.07) is 10.8. The highest BCUT2D eigenvalue weighted by Crippen LogP contribution is 2.18. The maximum atomic E-state index is 10.4. The van der Waals surface area contributed by atoms with Crippen LogP contribution in [0.4, 0.5) is 11.6 Å². The zero-order valence-electron chi connectivity index (χ0n) is 8.72. The second kappa shape index (κ2) is 5.17. The van der Waals surface area contributed by atoms with Gasteiger partial charge in [0.15, 0.2) is 0 Å². The molecule has 17 heavy (non-hydrogen) atoms. The maximum Gasteiger partial charge on any atom is 0.433 e. The van der Waals surface area contributed by atoms with Crippen LogP contribution in [0, 0.1) is 13.7 Å². The summed E-state index contributed by atoms with van der Waals surface area (Å²) < 4.78 is 6.16. The second-order valence-electron chi connectivity index (χ2n) is 3.36. The number of hydrogen-bond acceptors (Lipinski definition) is 4. The molecule has 1 aromatic heterocycles. The van der Waals surface area contributed by atoms with Crippen molar-refractivity contribution in [2.24, 2.45) is 0 Å². The summed E-state index contributed by atoms with van der Waals surface area (Å²) in [6.45, 7) is 0.425. The van der Waals surface area contributed by atoms with Crippen LogP contribution in [0.2, 0.25) is 0 Å². The molecular weight excluding hydrogens is 335 g/mol. The van der Waals surface area contributed by atoms with Crippen LogP contribution in [0.15, 0.2) is 40.8 Å². The molecule has 0 aliphatic carbocycles. The number of benzene rings is 1. The average molecular weight is 344 g/mol. The summed E-state index contributed by atoms with van der Waals surface area (Å²) in [7, 11) is 0. The predicted molar refractivity (Wildman–Crippen MR) is 71.8 cm³/mol. The number of furan rings is 1.